The highest BCUT2D eigenvalue weighted by molar-refractivity contribution is 7.13. The molecule has 176 valence electrons. The number of carboxylic acid groups (broad SMARTS) is 1. The number of carboxylic acids is 1. The first-order valence-corrected chi connectivity index (χ1v) is 11.7. The monoisotopic (exact) mass is 472 g/mol. The van der Waals surface area contributed by atoms with Crippen molar-refractivity contribution in [1.82, 2.24) is 10.3 Å². The zero-order valence-corrected chi connectivity index (χ0v) is 20.1. The topological polar surface area (TPSA) is 119 Å². The lowest BCUT2D eigenvalue weighted by Crippen LogP contribution is -2.46. The van der Waals surface area contributed by atoms with Crippen LogP contribution in [0.4, 0.5) is 0 Å². The number of aromatic nitrogens is 1. The van der Waals surface area contributed by atoms with E-state index in [1.807, 2.05) is 33.1 Å². The summed E-state index contributed by atoms with van der Waals surface area (Å²) in [5.74, 6) is -1.10. The fraction of sp³-hybridized carbons (Fsp3) is 0.417. The van der Waals surface area contributed by atoms with Crippen LogP contribution in [0.3, 0.4) is 0 Å². The van der Waals surface area contributed by atoms with E-state index >= 15 is 0 Å². The molecule has 2 heterocycles. The van der Waals surface area contributed by atoms with Gasteiger partial charge in [-0.05, 0) is 44.2 Å². The van der Waals surface area contributed by atoms with Gasteiger partial charge in [-0.2, -0.15) is 0 Å². The Kier molecular flexibility index (Phi) is 7.53. The van der Waals surface area contributed by atoms with Gasteiger partial charge in [0.25, 0.3) is 5.91 Å². The molecule has 0 spiro atoms. The number of carbonyl (C=O) groups is 2. The molecule has 0 unspecified atom stereocenters. The van der Waals surface area contributed by atoms with Crippen molar-refractivity contribution in [3.8, 4) is 16.3 Å². The Bertz CT molecular complexity index is 1230. The first-order chi connectivity index (χ1) is 15.6. The largest absolute Gasteiger partial charge is 0.480 e. The van der Waals surface area contributed by atoms with E-state index in [-0.39, 0.29) is 11.3 Å². The molecule has 0 aliphatic carbocycles. The normalized spacial score (nSPS) is 13.2. The van der Waals surface area contributed by atoms with Crippen molar-refractivity contribution in [1.29, 1.82) is 0 Å². The van der Waals surface area contributed by atoms with Crippen LogP contribution in [0.25, 0.3) is 21.5 Å². The minimum absolute atomic E-state index is 0.107. The molecule has 2 aromatic heterocycles. The maximum absolute atomic E-state index is 13.1. The number of thiazole rings is 1. The Balaban J connectivity index is 1.88. The molecule has 33 heavy (non-hydrogen) atoms. The second kappa shape index (κ2) is 10.2. The van der Waals surface area contributed by atoms with E-state index < -0.39 is 24.0 Å². The summed E-state index contributed by atoms with van der Waals surface area (Å²) in [6.45, 7) is 9.11. The molecule has 2 N–H and O–H groups in total. The second-order valence-corrected chi connectivity index (χ2v) is 9.23. The number of rotatable bonds is 9. The zero-order valence-electron chi connectivity index (χ0n) is 19.3. The number of ether oxygens (including phenoxy) is 1. The molecule has 0 bridgehead atoms. The summed E-state index contributed by atoms with van der Waals surface area (Å²) in [6, 6.07) is 2.32. The van der Waals surface area contributed by atoms with E-state index in [2.05, 4.69) is 10.3 Å². The summed E-state index contributed by atoms with van der Waals surface area (Å²) in [7, 11) is 0. The number of fused-ring (bicyclic) bond motifs is 1. The molecule has 0 aliphatic rings. The SMILES string of the molecule is CCc1cc2c(=O)c(-c3nc(C)cs3)coc2cc1O[C@@H](C)C(=O)N[C@H](CC(C)C)C(=O)O. The number of benzene rings is 1. The van der Waals surface area contributed by atoms with Gasteiger partial charge in [0.1, 0.15) is 28.6 Å². The highest BCUT2D eigenvalue weighted by Crippen LogP contribution is 2.29. The van der Waals surface area contributed by atoms with Crippen molar-refractivity contribution in [3.05, 3.63) is 45.3 Å². The molecule has 2 atom stereocenters. The Hall–Kier alpha value is -3.20. The third-order valence-electron chi connectivity index (χ3n) is 5.18. The number of hydrogen-bond acceptors (Lipinski definition) is 7. The Morgan fingerprint density at radius 3 is 2.58 bits per heavy atom. The quantitative estimate of drug-likeness (QED) is 0.480. The average molecular weight is 473 g/mol. The van der Waals surface area contributed by atoms with Crippen LogP contribution in [0.5, 0.6) is 5.75 Å². The number of aryl methyl sites for hydroxylation is 2. The van der Waals surface area contributed by atoms with Crippen molar-refractivity contribution in [3.63, 3.8) is 0 Å². The number of nitrogens with zero attached hydrogens (tertiary/aromatic N) is 1. The van der Waals surface area contributed by atoms with Crippen LogP contribution in [0.2, 0.25) is 0 Å². The minimum Gasteiger partial charge on any atom is -0.480 e. The molecule has 0 saturated heterocycles. The van der Waals surface area contributed by atoms with E-state index in [1.165, 1.54) is 17.6 Å². The Labute approximate surface area is 195 Å². The van der Waals surface area contributed by atoms with Gasteiger partial charge in [0, 0.05) is 17.1 Å². The van der Waals surface area contributed by atoms with Crippen LogP contribution < -0.4 is 15.5 Å². The summed E-state index contributed by atoms with van der Waals surface area (Å²) in [6.07, 6.45) is 1.32. The molecule has 9 heteroatoms. The number of aliphatic carboxylic acids is 1. The van der Waals surface area contributed by atoms with Crippen LogP contribution >= 0.6 is 11.3 Å². The van der Waals surface area contributed by atoms with Gasteiger partial charge in [-0.1, -0.05) is 20.8 Å². The molecule has 0 saturated carbocycles. The highest BCUT2D eigenvalue weighted by atomic mass is 32.1. The highest BCUT2D eigenvalue weighted by Gasteiger charge is 2.25. The number of nitrogens with one attached hydrogen (secondary N) is 1. The molecule has 8 nitrogen and oxygen atoms in total. The van der Waals surface area contributed by atoms with Gasteiger partial charge in [-0.25, -0.2) is 9.78 Å². The summed E-state index contributed by atoms with van der Waals surface area (Å²) >= 11 is 1.38. The lowest BCUT2D eigenvalue weighted by atomic mass is 10.0. The molecular weight excluding hydrogens is 444 g/mol. The van der Waals surface area contributed by atoms with Gasteiger partial charge >= 0.3 is 5.97 Å². The van der Waals surface area contributed by atoms with Crippen LogP contribution in [0.15, 0.2) is 33.0 Å². The van der Waals surface area contributed by atoms with Gasteiger partial charge in [0.05, 0.1) is 10.9 Å². The molecule has 0 radical (unpaired) electrons. The number of hydrogen-bond donors (Lipinski definition) is 2. The number of carbonyl (C=O) groups excluding carboxylic acids is 1. The van der Waals surface area contributed by atoms with Gasteiger partial charge < -0.3 is 19.6 Å². The summed E-state index contributed by atoms with van der Waals surface area (Å²) in [5.41, 5.74) is 2.11. The molecular formula is C24H28N2O6S. The predicted molar refractivity (Wildman–Crippen MR) is 127 cm³/mol. The standard InChI is InChI=1S/C24H28N2O6S/c1-6-15-8-16-20(31-10-17(21(16)27)23-25-13(4)11-33-23)9-19(15)32-14(5)22(28)26-18(24(29)30)7-12(2)3/h8-12,14,18H,6-7H2,1-5H3,(H,26,28)(H,29,30)/t14-,18+/m0/s1. The van der Waals surface area contributed by atoms with Gasteiger partial charge in [-0.3, -0.25) is 9.59 Å². The van der Waals surface area contributed by atoms with Gasteiger partial charge in [-0.15, -0.1) is 11.3 Å². The van der Waals surface area contributed by atoms with E-state index in [0.29, 0.717) is 40.1 Å². The summed E-state index contributed by atoms with van der Waals surface area (Å²) in [5, 5.41) is 14.8. The lowest BCUT2D eigenvalue weighted by Gasteiger charge is -2.21. The van der Waals surface area contributed by atoms with E-state index in [9.17, 15) is 19.5 Å². The molecule has 0 fully saturated rings. The Morgan fingerprint density at radius 2 is 2.00 bits per heavy atom. The zero-order chi connectivity index (χ0) is 24.3. The van der Waals surface area contributed by atoms with Gasteiger partial charge in [0.15, 0.2) is 6.10 Å². The summed E-state index contributed by atoms with van der Waals surface area (Å²) in [4.78, 5) is 41.5. The van der Waals surface area contributed by atoms with Crippen LogP contribution in [0.1, 0.15) is 45.4 Å². The van der Waals surface area contributed by atoms with Crippen molar-refractivity contribution in [2.75, 3.05) is 0 Å². The van der Waals surface area contributed by atoms with Crippen LogP contribution in [0, 0.1) is 12.8 Å². The average Bonchev–Trinajstić information content (AvgIpc) is 3.18. The van der Waals surface area contributed by atoms with Crippen molar-refractivity contribution in [2.24, 2.45) is 5.92 Å². The van der Waals surface area contributed by atoms with E-state index in [0.717, 1.165) is 11.3 Å². The third-order valence-corrected chi connectivity index (χ3v) is 6.17. The van der Waals surface area contributed by atoms with Crippen molar-refractivity contribution >= 4 is 34.2 Å². The predicted octanol–water partition coefficient (Wildman–Crippen LogP) is 4.17. The van der Waals surface area contributed by atoms with Crippen LogP contribution in [-0.2, 0) is 16.0 Å². The van der Waals surface area contributed by atoms with Crippen molar-refractivity contribution in [2.45, 2.75) is 59.6 Å². The Morgan fingerprint density at radius 1 is 1.27 bits per heavy atom. The first kappa shape index (κ1) is 24.4. The lowest BCUT2D eigenvalue weighted by molar-refractivity contribution is -0.143. The van der Waals surface area contributed by atoms with E-state index in [1.54, 1.807) is 19.1 Å². The number of amides is 1. The molecule has 0 aliphatic heterocycles. The smallest absolute Gasteiger partial charge is 0.326 e. The van der Waals surface area contributed by atoms with Gasteiger partial charge in [0.2, 0.25) is 5.43 Å². The maximum Gasteiger partial charge on any atom is 0.326 e. The first-order valence-electron chi connectivity index (χ1n) is 10.8. The van der Waals surface area contributed by atoms with E-state index in [4.69, 9.17) is 9.15 Å². The van der Waals surface area contributed by atoms with Crippen molar-refractivity contribution < 1.29 is 23.8 Å². The molecule has 1 amide bonds. The fourth-order valence-electron chi connectivity index (χ4n) is 3.44. The van der Waals surface area contributed by atoms with Crippen LogP contribution in [-0.4, -0.2) is 34.1 Å². The molecule has 3 aromatic rings. The third kappa shape index (κ3) is 5.60. The fourth-order valence-corrected chi connectivity index (χ4v) is 4.24. The minimum atomic E-state index is -1.09. The molecule has 3 rings (SSSR count). The second-order valence-electron chi connectivity index (χ2n) is 8.37. The molecule has 1 aromatic carbocycles. The summed E-state index contributed by atoms with van der Waals surface area (Å²) < 4.78 is 11.6. The maximum atomic E-state index is 13.1.